The molecular formula is C10H14N2O3S. The minimum Gasteiger partial charge on any atom is -0.375 e. The fourth-order valence-corrected chi connectivity index (χ4v) is 2.34. The number of nitrogens with zero attached hydrogens (tertiary/aromatic N) is 1. The van der Waals surface area contributed by atoms with E-state index in [-0.39, 0.29) is 5.91 Å². The van der Waals surface area contributed by atoms with E-state index >= 15 is 0 Å². The number of rotatable bonds is 3. The topological polar surface area (TPSA) is 60.5 Å². The van der Waals surface area contributed by atoms with Gasteiger partial charge in [-0.25, -0.2) is 4.98 Å². The molecule has 1 aliphatic heterocycles. The average Bonchev–Trinajstić information content (AvgIpc) is 2.69. The van der Waals surface area contributed by atoms with Gasteiger partial charge in [0.2, 0.25) is 0 Å². The van der Waals surface area contributed by atoms with Crippen molar-refractivity contribution < 1.29 is 14.3 Å². The first-order valence-corrected chi connectivity index (χ1v) is 5.92. The molecular weight excluding hydrogens is 228 g/mol. The SMILES string of the molecule is COC(C)C(=O)Nc1nc2c(s1)COCC2. The summed E-state index contributed by atoms with van der Waals surface area (Å²) < 4.78 is 10.2. The standard InChI is InChI=1S/C10H14N2O3S/c1-6(14-2)9(13)12-10-11-7-3-4-15-5-8(7)16-10/h6H,3-5H2,1-2H3,(H,11,12,13). The smallest absolute Gasteiger partial charge is 0.254 e. The number of methoxy groups -OCH3 is 1. The number of hydrogen-bond acceptors (Lipinski definition) is 5. The van der Waals surface area contributed by atoms with Gasteiger partial charge in [-0.2, -0.15) is 0 Å². The molecule has 0 aliphatic carbocycles. The fraction of sp³-hybridized carbons (Fsp3) is 0.600. The van der Waals surface area contributed by atoms with Crippen LogP contribution in [0.2, 0.25) is 0 Å². The quantitative estimate of drug-likeness (QED) is 0.865. The molecule has 5 nitrogen and oxygen atoms in total. The van der Waals surface area contributed by atoms with Crippen LogP contribution in [-0.2, 0) is 27.3 Å². The maximum absolute atomic E-state index is 11.6. The number of amides is 1. The number of nitrogens with one attached hydrogen (secondary N) is 1. The molecule has 2 heterocycles. The Kier molecular flexibility index (Phi) is 3.52. The van der Waals surface area contributed by atoms with E-state index in [0.717, 1.165) is 17.0 Å². The summed E-state index contributed by atoms with van der Waals surface area (Å²) in [6.45, 7) is 3.01. The van der Waals surface area contributed by atoms with Crippen molar-refractivity contribution in [3.63, 3.8) is 0 Å². The zero-order valence-electron chi connectivity index (χ0n) is 9.28. The van der Waals surface area contributed by atoms with E-state index in [4.69, 9.17) is 9.47 Å². The van der Waals surface area contributed by atoms with E-state index in [1.165, 1.54) is 18.4 Å². The van der Waals surface area contributed by atoms with Crippen LogP contribution < -0.4 is 5.32 Å². The van der Waals surface area contributed by atoms with Crippen molar-refractivity contribution in [3.8, 4) is 0 Å². The molecule has 1 aliphatic rings. The number of hydrogen-bond donors (Lipinski definition) is 1. The van der Waals surface area contributed by atoms with E-state index < -0.39 is 6.10 Å². The highest BCUT2D eigenvalue weighted by atomic mass is 32.1. The normalized spacial score (nSPS) is 16.6. The molecule has 16 heavy (non-hydrogen) atoms. The van der Waals surface area contributed by atoms with Gasteiger partial charge >= 0.3 is 0 Å². The maximum atomic E-state index is 11.6. The van der Waals surface area contributed by atoms with Gasteiger partial charge in [-0.1, -0.05) is 11.3 Å². The van der Waals surface area contributed by atoms with Gasteiger partial charge in [0.15, 0.2) is 5.13 Å². The number of thiazole rings is 1. The third kappa shape index (κ3) is 2.40. The van der Waals surface area contributed by atoms with Crippen LogP contribution in [0.15, 0.2) is 0 Å². The van der Waals surface area contributed by atoms with E-state index in [0.29, 0.717) is 18.3 Å². The Morgan fingerprint density at radius 3 is 3.19 bits per heavy atom. The van der Waals surface area contributed by atoms with Gasteiger partial charge in [-0.3, -0.25) is 10.1 Å². The van der Waals surface area contributed by atoms with Crippen LogP contribution >= 0.6 is 11.3 Å². The minimum atomic E-state index is -0.461. The van der Waals surface area contributed by atoms with Crippen LogP contribution in [0.5, 0.6) is 0 Å². The molecule has 6 heteroatoms. The molecule has 0 bridgehead atoms. The lowest BCUT2D eigenvalue weighted by Crippen LogP contribution is -2.26. The Hall–Kier alpha value is -0.980. The molecule has 1 unspecified atom stereocenters. The van der Waals surface area contributed by atoms with E-state index in [9.17, 15) is 4.79 Å². The van der Waals surface area contributed by atoms with E-state index in [2.05, 4.69) is 10.3 Å². The minimum absolute atomic E-state index is 0.172. The Balaban J connectivity index is 2.05. The van der Waals surface area contributed by atoms with Crippen LogP contribution in [0.25, 0.3) is 0 Å². The zero-order valence-corrected chi connectivity index (χ0v) is 10.1. The first-order chi connectivity index (χ1) is 7.70. The van der Waals surface area contributed by atoms with Gasteiger partial charge in [0, 0.05) is 13.5 Å². The first kappa shape index (κ1) is 11.5. The van der Waals surface area contributed by atoms with Crippen molar-refractivity contribution in [2.24, 2.45) is 0 Å². The van der Waals surface area contributed by atoms with Crippen molar-refractivity contribution >= 4 is 22.4 Å². The molecule has 0 fully saturated rings. The predicted octanol–water partition coefficient (Wildman–Crippen LogP) is 1.19. The number of fused-ring (bicyclic) bond motifs is 1. The second kappa shape index (κ2) is 4.90. The van der Waals surface area contributed by atoms with Crippen molar-refractivity contribution in [3.05, 3.63) is 10.6 Å². The van der Waals surface area contributed by atoms with E-state index in [1.807, 2.05) is 0 Å². The Morgan fingerprint density at radius 1 is 1.69 bits per heavy atom. The largest absolute Gasteiger partial charge is 0.375 e. The summed E-state index contributed by atoms with van der Waals surface area (Å²) >= 11 is 1.47. The van der Waals surface area contributed by atoms with Crippen LogP contribution in [0, 0.1) is 0 Å². The van der Waals surface area contributed by atoms with Crippen LogP contribution in [-0.4, -0.2) is 30.7 Å². The van der Waals surface area contributed by atoms with Crippen LogP contribution in [0.4, 0.5) is 5.13 Å². The van der Waals surface area contributed by atoms with Crippen LogP contribution in [0.3, 0.4) is 0 Å². The molecule has 0 saturated carbocycles. The summed E-state index contributed by atoms with van der Waals surface area (Å²) in [5.74, 6) is -0.172. The van der Waals surface area contributed by atoms with Gasteiger partial charge in [-0.05, 0) is 6.92 Å². The molecule has 0 aromatic carbocycles. The lowest BCUT2D eigenvalue weighted by molar-refractivity contribution is -0.124. The Labute approximate surface area is 97.8 Å². The number of carbonyl (C=O) groups is 1. The predicted molar refractivity (Wildman–Crippen MR) is 60.6 cm³/mol. The summed E-state index contributed by atoms with van der Waals surface area (Å²) in [6.07, 6.45) is 0.360. The Bertz CT molecular complexity index is 368. The summed E-state index contributed by atoms with van der Waals surface area (Å²) in [6, 6.07) is 0. The molecule has 1 aromatic heterocycles. The molecule has 1 amide bonds. The first-order valence-electron chi connectivity index (χ1n) is 5.10. The second-order valence-electron chi connectivity index (χ2n) is 3.56. The molecule has 1 aromatic rings. The third-order valence-electron chi connectivity index (χ3n) is 2.45. The number of anilines is 1. The summed E-state index contributed by atoms with van der Waals surface area (Å²) in [4.78, 5) is 17.0. The Morgan fingerprint density at radius 2 is 2.50 bits per heavy atom. The zero-order chi connectivity index (χ0) is 11.5. The lowest BCUT2D eigenvalue weighted by Gasteiger charge is -2.08. The lowest BCUT2D eigenvalue weighted by atomic mass is 10.2. The molecule has 1 N–H and O–H groups in total. The van der Waals surface area contributed by atoms with Gasteiger partial charge in [-0.15, -0.1) is 0 Å². The van der Waals surface area contributed by atoms with E-state index in [1.54, 1.807) is 6.92 Å². The van der Waals surface area contributed by atoms with Crippen molar-refractivity contribution in [2.45, 2.75) is 26.1 Å². The third-order valence-corrected chi connectivity index (χ3v) is 3.43. The van der Waals surface area contributed by atoms with Gasteiger partial charge in [0.25, 0.3) is 5.91 Å². The molecule has 0 radical (unpaired) electrons. The van der Waals surface area contributed by atoms with Crippen molar-refractivity contribution in [1.29, 1.82) is 0 Å². The highest BCUT2D eigenvalue weighted by Crippen LogP contribution is 2.27. The molecule has 0 saturated heterocycles. The summed E-state index contributed by atoms with van der Waals surface area (Å²) in [7, 11) is 1.50. The average molecular weight is 242 g/mol. The van der Waals surface area contributed by atoms with Crippen molar-refractivity contribution in [2.75, 3.05) is 19.0 Å². The highest BCUT2D eigenvalue weighted by molar-refractivity contribution is 7.15. The number of aromatic nitrogens is 1. The second-order valence-corrected chi connectivity index (χ2v) is 4.64. The molecule has 1 atom stereocenters. The summed E-state index contributed by atoms with van der Waals surface area (Å²) in [5, 5.41) is 3.37. The van der Waals surface area contributed by atoms with Gasteiger partial charge in [0.1, 0.15) is 6.10 Å². The number of carbonyl (C=O) groups excluding carboxylic acids is 1. The molecule has 88 valence electrons. The maximum Gasteiger partial charge on any atom is 0.254 e. The monoisotopic (exact) mass is 242 g/mol. The fourth-order valence-electron chi connectivity index (χ4n) is 1.39. The molecule has 0 spiro atoms. The summed E-state index contributed by atoms with van der Waals surface area (Å²) in [5.41, 5.74) is 1.04. The van der Waals surface area contributed by atoms with Crippen LogP contribution in [0.1, 0.15) is 17.5 Å². The van der Waals surface area contributed by atoms with Gasteiger partial charge in [0.05, 0.1) is 23.8 Å². The van der Waals surface area contributed by atoms with Crippen molar-refractivity contribution in [1.82, 2.24) is 4.98 Å². The highest BCUT2D eigenvalue weighted by Gasteiger charge is 2.18. The number of ether oxygens (including phenoxy) is 2. The molecule has 2 rings (SSSR count). The van der Waals surface area contributed by atoms with Gasteiger partial charge < -0.3 is 9.47 Å².